The zero-order chi connectivity index (χ0) is 9.84. The van der Waals surface area contributed by atoms with Gasteiger partial charge in [0.15, 0.2) is 0 Å². The molecule has 0 aliphatic rings. The molecule has 0 aromatic heterocycles. The molecule has 0 aliphatic heterocycles. The molecule has 13 heavy (non-hydrogen) atoms. The van der Waals surface area contributed by atoms with E-state index in [2.05, 4.69) is 37.9 Å². The van der Waals surface area contributed by atoms with Gasteiger partial charge < -0.3 is 0 Å². The zero-order valence-corrected chi connectivity index (χ0v) is 10.3. The molecule has 1 nitrogen and oxygen atoms in total. The van der Waals surface area contributed by atoms with Gasteiger partial charge in [0.2, 0.25) is 0 Å². The van der Waals surface area contributed by atoms with E-state index in [4.69, 9.17) is 16.9 Å². The lowest BCUT2D eigenvalue weighted by atomic mass is 10.1. The van der Waals surface area contributed by atoms with E-state index in [0.717, 1.165) is 5.56 Å². The van der Waals surface area contributed by atoms with Crippen LogP contribution in [0.3, 0.4) is 0 Å². The summed E-state index contributed by atoms with van der Waals surface area (Å²) < 4.78 is 0.607. The second-order valence-electron chi connectivity index (χ2n) is 2.23. The Bertz CT molecular complexity index is 389. The standard InChI is InChI=1S/C9H4Br2ClN/c10-9(11)7(5-13)6-3-1-2-4-8(6)12/h1-4H. The zero-order valence-electron chi connectivity index (χ0n) is 6.39. The van der Waals surface area contributed by atoms with Crippen molar-refractivity contribution in [1.82, 2.24) is 0 Å². The van der Waals surface area contributed by atoms with E-state index in [-0.39, 0.29) is 0 Å². The smallest absolute Gasteiger partial charge is 0.102 e. The third-order valence-electron chi connectivity index (χ3n) is 1.44. The monoisotopic (exact) mass is 319 g/mol. The van der Waals surface area contributed by atoms with Crippen molar-refractivity contribution in [1.29, 1.82) is 5.26 Å². The molecule has 0 N–H and O–H groups in total. The van der Waals surface area contributed by atoms with E-state index in [9.17, 15) is 0 Å². The number of benzene rings is 1. The lowest BCUT2D eigenvalue weighted by Gasteiger charge is -2.01. The molecule has 1 rings (SSSR count). The minimum absolute atomic E-state index is 0.491. The Morgan fingerprint density at radius 2 is 1.92 bits per heavy atom. The highest BCUT2D eigenvalue weighted by Gasteiger charge is 2.07. The van der Waals surface area contributed by atoms with E-state index in [1.165, 1.54) is 0 Å². The topological polar surface area (TPSA) is 23.8 Å². The Hall–Kier alpha value is -0.300. The quantitative estimate of drug-likeness (QED) is 0.707. The number of hydrogen-bond donors (Lipinski definition) is 0. The predicted molar refractivity (Wildman–Crippen MR) is 61.8 cm³/mol. The van der Waals surface area contributed by atoms with Crippen molar-refractivity contribution in [2.24, 2.45) is 0 Å². The molecular formula is C9H4Br2ClN. The minimum Gasteiger partial charge on any atom is -0.192 e. The Kier molecular flexibility index (Phi) is 3.98. The second-order valence-corrected chi connectivity index (χ2v) is 5.28. The van der Waals surface area contributed by atoms with Crippen LogP contribution in [-0.4, -0.2) is 0 Å². The maximum Gasteiger partial charge on any atom is 0.102 e. The summed E-state index contributed by atoms with van der Waals surface area (Å²) in [5, 5.41) is 9.41. The van der Waals surface area contributed by atoms with Crippen LogP contribution in [0.5, 0.6) is 0 Å². The number of halogens is 3. The molecule has 0 unspecified atom stereocenters. The van der Waals surface area contributed by atoms with Crippen molar-refractivity contribution in [2.45, 2.75) is 0 Å². The average Bonchev–Trinajstić information content (AvgIpc) is 2.09. The molecular weight excluding hydrogens is 317 g/mol. The molecule has 0 amide bonds. The number of hydrogen-bond acceptors (Lipinski definition) is 1. The summed E-state index contributed by atoms with van der Waals surface area (Å²) in [6, 6.07) is 9.26. The van der Waals surface area contributed by atoms with Crippen LogP contribution < -0.4 is 0 Å². The van der Waals surface area contributed by atoms with Gasteiger partial charge >= 0.3 is 0 Å². The Labute approximate surface area is 98.3 Å². The Balaban J connectivity index is 3.32. The highest BCUT2D eigenvalue weighted by molar-refractivity contribution is 9.28. The first kappa shape index (κ1) is 10.8. The molecule has 1 aromatic carbocycles. The van der Waals surface area contributed by atoms with Crippen molar-refractivity contribution >= 4 is 49.0 Å². The molecule has 0 radical (unpaired) electrons. The first-order valence-electron chi connectivity index (χ1n) is 3.37. The summed E-state index contributed by atoms with van der Waals surface area (Å²) in [6.07, 6.45) is 0. The molecule has 0 saturated heterocycles. The van der Waals surface area contributed by atoms with E-state index in [0.29, 0.717) is 14.0 Å². The number of rotatable bonds is 1. The number of nitriles is 1. The van der Waals surface area contributed by atoms with Crippen molar-refractivity contribution in [3.8, 4) is 6.07 Å². The molecule has 4 heteroatoms. The van der Waals surface area contributed by atoms with Gasteiger partial charge in [-0.2, -0.15) is 5.26 Å². The lowest BCUT2D eigenvalue weighted by Crippen LogP contribution is -1.82. The van der Waals surface area contributed by atoms with E-state index in [1.807, 2.05) is 12.1 Å². The largest absolute Gasteiger partial charge is 0.192 e. The Morgan fingerprint density at radius 3 is 2.38 bits per heavy atom. The minimum atomic E-state index is 0.491. The van der Waals surface area contributed by atoms with Crippen LogP contribution in [-0.2, 0) is 0 Å². The van der Waals surface area contributed by atoms with Gasteiger partial charge in [-0.3, -0.25) is 0 Å². The van der Waals surface area contributed by atoms with Crippen molar-refractivity contribution in [3.05, 3.63) is 38.2 Å². The summed E-state index contributed by atoms with van der Waals surface area (Å²) in [7, 11) is 0. The van der Waals surface area contributed by atoms with E-state index < -0.39 is 0 Å². The van der Waals surface area contributed by atoms with Crippen molar-refractivity contribution < 1.29 is 0 Å². The van der Waals surface area contributed by atoms with Crippen LogP contribution in [0.25, 0.3) is 5.57 Å². The molecule has 0 aliphatic carbocycles. The van der Waals surface area contributed by atoms with Crippen molar-refractivity contribution in [2.75, 3.05) is 0 Å². The summed E-state index contributed by atoms with van der Waals surface area (Å²) in [4.78, 5) is 0. The third kappa shape index (κ3) is 2.57. The summed E-state index contributed by atoms with van der Waals surface area (Å²) in [5.41, 5.74) is 1.21. The highest BCUT2D eigenvalue weighted by atomic mass is 79.9. The van der Waals surface area contributed by atoms with Gasteiger partial charge in [-0.25, -0.2) is 0 Å². The fourth-order valence-electron chi connectivity index (χ4n) is 0.868. The number of nitrogens with zero attached hydrogens (tertiary/aromatic N) is 1. The van der Waals surface area contributed by atoms with Crippen molar-refractivity contribution in [3.63, 3.8) is 0 Å². The molecule has 1 aromatic rings. The molecule has 0 atom stereocenters. The fourth-order valence-corrected chi connectivity index (χ4v) is 1.70. The molecule has 0 fully saturated rings. The van der Waals surface area contributed by atoms with E-state index in [1.54, 1.807) is 12.1 Å². The third-order valence-corrected chi connectivity index (χ3v) is 2.57. The van der Waals surface area contributed by atoms with Gasteiger partial charge in [-0.15, -0.1) is 0 Å². The normalized spacial score (nSPS) is 9.08. The van der Waals surface area contributed by atoms with Gasteiger partial charge in [0.25, 0.3) is 0 Å². The molecule has 0 spiro atoms. The van der Waals surface area contributed by atoms with Gasteiger partial charge in [0, 0.05) is 10.6 Å². The highest BCUT2D eigenvalue weighted by Crippen LogP contribution is 2.30. The Morgan fingerprint density at radius 1 is 1.31 bits per heavy atom. The van der Waals surface area contributed by atoms with Gasteiger partial charge in [-0.1, -0.05) is 29.8 Å². The molecule has 66 valence electrons. The van der Waals surface area contributed by atoms with Crippen LogP contribution in [0.15, 0.2) is 27.7 Å². The van der Waals surface area contributed by atoms with Gasteiger partial charge in [0.05, 0.1) is 8.96 Å². The molecule has 0 heterocycles. The van der Waals surface area contributed by atoms with Crippen LogP contribution >= 0.6 is 43.5 Å². The second kappa shape index (κ2) is 4.80. The van der Waals surface area contributed by atoms with Gasteiger partial charge in [0.1, 0.15) is 6.07 Å². The van der Waals surface area contributed by atoms with Crippen LogP contribution in [0, 0.1) is 11.3 Å². The molecule has 0 saturated carbocycles. The molecule has 0 bridgehead atoms. The number of allylic oxidation sites excluding steroid dienone is 1. The summed E-state index contributed by atoms with van der Waals surface area (Å²) in [5.74, 6) is 0. The first-order chi connectivity index (χ1) is 6.16. The maximum absolute atomic E-state index is 8.85. The first-order valence-corrected chi connectivity index (χ1v) is 5.33. The van der Waals surface area contributed by atoms with E-state index >= 15 is 0 Å². The predicted octanol–water partition coefficient (Wildman–Crippen LogP) is 4.32. The SMILES string of the molecule is N#CC(=C(Br)Br)c1ccccc1Cl. The maximum atomic E-state index is 8.85. The average molecular weight is 321 g/mol. The van der Waals surface area contributed by atoms with Crippen LogP contribution in [0.1, 0.15) is 5.56 Å². The van der Waals surface area contributed by atoms with Crippen LogP contribution in [0.4, 0.5) is 0 Å². The summed E-state index contributed by atoms with van der Waals surface area (Å²) >= 11 is 12.3. The van der Waals surface area contributed by atoms with Crippen LogP contribution in [0.2, 0.25) is 5.02 Å². The fraction of sp³-hybridized carbons (Fsp3) is 0. The lowest BCUT2D eigenvalue weighted by molar-refractivity contribution is 1.52. The summed E-state index contributed by atoms with van der Waals surface area (Å²) in [6.45, 7) is 0. The van der Waals surface area contributed by atoms with Gasteiger partial charge in [-0.05, 0) is 37.9 Å².